The zero-order valence-electron chi connectivity index (χ0n) is 14.0. The first-order valence-electron chi connectivity index (χ1n) is 7.25. The number of hydrogen-bond donors (Lipinski definition) is 1. The minimum absolute atomic E-state index is 0. The third kappa shape index (κ3) is 8.47. The SMILES string of the molecule is CN=C(NCCN(C)CCOC)N1CCSC(C)(C)C1.I. The number of nitrogens with zero attached hydrogens (tertiary/aromatic N) is 3. The van der Waals surface area contributed by atoms with E-state index in [9.17, 15) is 0 Å². The molecule has 5 nitrogen and oxygen atoms in total. The molecule has 0 radical (unpaired) electrons. The van der Waals surface area contributed by atoms with Gasteiger partial charge in [-0.25, -0.2) is 0 Å². The van der Waals surface area contributed by atoms with Gasteiger partial charge in [-0.15, -0.1) is 24.0 Å². The maximum atomic E-state index is 5.08. The molecule has 1 aliphatic rings. The van der Waals surface area contributed by atoms with Gasteiger partial charge in [0.05, 0.1) is 6.61 Å². The van der Waals surface area contributed by atoms with E-state index in [0.29, 0.717) is 4.75 Å². The number of halogens is 1. The molecule has 1 saturated heterocycles. The minimum Gasteiger partial charge on any atom is -0.383 e. The van der Waals surface area contributed by atoms with Crippen LogP contribution in [-0.2, 0) is 4.74 Å². The standard InChI is InChI=1S/C14H30N4OS.HI/c1-14(2)12-18(9-11-20-14)13(15-3)16-6-7-17(4)8-10-19-5;/h6-12H2,1-5H3,(H,15,16);1H. The average molecular weight is 430 g/mol. The summed E-state index contributed by atoms with van der Waals surface area (Å²) in [7, 11) is 5.72. The van der Waals surface area contributed by atoms with Crippen LogP contribution in [0.5, 0.6) is 0 Å². The van der Waals surface area contributed by atoms with Crippen molar-refractivity contribution in [2.45, 2.75) is 18.6 Å². The summed E-state index contributed by atoms with van der Waals surface area (Å²) in [6, 6.07) is 0. The normalized spacial score (nSPS) is 18.6. The van der Waals surface area contributed by atoms with Gasteiger partial charge < -0.3 is 19.9 Å². The first-order chi connectivity index (χ1) is 9.48. The van der Waals surface area contributed by atoms with Gasteiger partial charge in [-0.1, -0.05) is 0 Å². The van der Waals surface area contributed by atoms with Crippen molar-refractivity contribution in [2.75, 3.05) is 66.3 Å². The Morgan fingerprint density at radius 1 is 1.43 bits per heavy atom. The fourth-order valence-corrected chi connectivity index (χ4v) is 3.36. The van der Waals surface area contributed by atoms with Crippen LogP contribution in [-0.4, -0.2) is 86.8 Å². The molecule has 0 unspecified atom stereocenters. The van der Waals surface area contributed by atoms with E-state index in [4.69, 9.17) is 4.74 Å². The highest BCUT2D eigenvalue weighted by atomic mass is 127. The monoisotopic (exact) mass is 430 g/mol. The Kier molecular flexibility index (Phi) is 11.0. The maximum absolute atomic E-state index is 5.08. The van der Waals surface area contributed by atoms with E-state index in [2.05, 4.69) is 41.0 Å². The Hall–Kier alpha value is 0.270. The molecule has 0 aromatic carbocycles. The van der Waals surface area contributed by atoms with Crippen LogP contribution in [0.25, 0.3) is 0 Å². The molecule has 1 aliphatic heterocycles. The quantitative estimate of drug-likeness (QED) is 0.394. The highest BCUT2D eigenvalue weighted by Gasteiger charge is 2.28. The summed E-state index contributed by atoms with van der Waals surface area (Å²) < 4.78 is 5.39. The number of hydrogen-bond acceptors (Lipinski definition) is 4. The van der Waals surface area contributed by atoms with Gasteiger partial charge in [0, 0.05) is 57.4 Å². The number of guanidine groups is 1. The molecule has 0 atom stereocenters. The lowest BCUT2D eigenvalue weighted by Gasteiger charge is -2.39. The third-order valence-corrected chi connectivity index (χ3v) is 4.69. The predicted molar refractivity (Wildman–Crippen MR) is 104 cm³/mol. The molecule has 0 spiro atoms. The smallest absolute Gasteiger partial charge is 0.193 e. The molecule has 0 bridgehead atoms. The zero-order valence-corrected chi connectivity index (χ0v) is 17.2. The highest BCUT2D eigenvalue weighted by molar-refractivity contribution is 14.0. The number of rotatable bonds is 6. The van der Waals surface area contributed by atoms with Crippen molar-refractivity contribution in [3.8, 4) is 0 Å². The van der Waals surface area contributed by atoms with Crippen LogP contribution >= 0.6 is 35.7 Å². The first-order valence-corrected chi connectivity index (χ1v) is 8.24. The maximum Gasteiger partial charge on any atom is 0.193 e. The molecule has 21 heavy (non-hydrogen) atoms. The summed E-state index contributed by atoms with van der Waals surface area (Å²) in [4.78, 5) is 9.05. The van der Waals surface area contributed by atoms with Crippen molar-refractivity contribution in [2.24, 2.45) is 4.99 Å². The predicted octanol–water partition coefficient (Wildman–Crippen LogP) is 1.59. The Balaban J connectivity index is 0.00000400. The summed E-state index contributed by atoms with van der Waals surface area (Å²) in [6.45, 7) is 10.4. The number of aliphatic imine (C=N–C) groups is 1. The molecule has 1 fully saturated rings. The molecule has 1 heterocycles. The topological polar surface area (TPSA) is 40.1 Å². The molecule has 0 amide bonds. The zero-order chi connectivity index (χ0) is 15.0. The second-order valence-corrected chi connectivity index (χ2v) is 7.60. The van der Waals surface area contributed by atoms with Gasteiger partial charge in [0.25, 0.3) is 0 Å². The number of likely N-dealkylation sites (N-methyl/N-ethyl adjacent to an activating group) is 1. The van der Waals surface area contributed by atoms with Gasteiger partial charge in [0.2, 0.25) is 0 Å². The lowest BCUT2D eigenvalue weighted by molar-refractivity contribution is 0.162. The van der Waals surface area contributed by atoms with Gasteiger partial charge >= 0.3 is 0 Å². The Morgan fingerprint density at radius 3 is 2.71 bits per heavy atom. The Bertz CT molecular complexity index is 315. The number of methoxy groups -OCH3 is 1. The van der Waals surface area contributed by atoms with E-state index < -0.39 is 0 Å². The van der Waals surface area contributed by atoms with E-state index in [1.807, 2.05) is 18.8 Å². The summed E-state index contributed by atoms with van der Waals surface area (Å²) in [5, 5.41) is 3.47. The van der Waals surface area contributed by atoms with Crippen molar-refractivity contribution in [3.05, 3.63) is 0 Å². The van der Waals surface area contributed by atoms with E-state index >= 15 is 0 Å². The lowest BCUT2D eigenvalue weighted by atomic mass is 10.2. The molecule has 7 heteroatoms. The molecule has 1 N–H and O–H groups in total. The van der Waals surface area contributed by atoms with Crippen LogP contribution in [0.2, 0.25) is 0 Å². The van der Waals surface area contributed by atoms with Crippen molar-refractivity contribution in [1.29, 1.82) is 0 Å². The summed E-state index contributed by atoms with van der Waals surface area (Å²) in [6.07, 6.45) is 0. The van der Waals surface area contributed by atoms with Crippen LogP contribution in [0.15, 0.2) is 4.99 Å². The van der Waals surface area contributed by atoms with Crippen LogP contribution in [0.4, 0.5) is 0 Å². The second kappa shape index (κ2) is 10.9. The van der Waals surface area contributed by atoms with Crippen LogP contribution in [0.1, 0.15) is 13.8 Å². The fraction of sp³-hybridized carbons (Fsp3) is 0.929. The van der Waals surface area contributed by atoms with Gasteiger partial charge in [-0.05, 0) is 20.9 Å². The van der Waals surface area contributed by atoms with Crippen molar-refractivity contribution in [3.63, 3.8) is 0 Å². The van der Waals surface area contributed by atoms with Gasteiger partial charge in [-0.3, -0.25) is 4.99 Å². The van der Waals surface area contributed by atoms with Gasteiger partial charge in [-0.2, -0.15) is 11.8 Å². The van der Waals surface area contributed by atoms with E-state index in [1.54, 1.807) is 7.11 Å². The number of thioether (sulfide) groups is 1. The average Bonchev–Trinajstić information content (AvgIpc) is 2.40. The Morgan fingerprint density at radius 2 is 2.14 bits per heavy atom. The van der Waals surface area contributed by atoms with Gasteiger partial charge in [0.15, 0.2) is 5.96 Å². The first kappa shape index (κ1) is 21.3. The summed E-state index contributed by atoms with van der Waals surface area (Å²) >= 11 is 2.04. The number of nitrogens with one attached hydrogen (secondary N) is 1. The van der Waals surface area contributed by atoms with Crippen molar-refractivity contribution in [1.82, 2.24) is 15.1 Å². The molecule has 0 aliphatic carbocycles. The molecular weight excluding hydrogens is 399 g/mol. The molecule has 0 aromatic rings. The van der Waals surface area contributed by atoms with E-state index in [0.717, 1.165) is 45.3 Å². The van der Waals surface area contributed by atoms with Crippen molar-refractivity contribution >= 4 is 41.7 Å². The van der Waals surface area contributed by atoms with Gasteiger partial charge in [0.1, 0.15) is 0 Å². The molecular formula is C14H31IN4OS. The second-order valence-electron chi connectivity index (χ2n) is 5.80. The Labute approximate surface area is 151 Å². The van der Waals surface area contributed by atoms with Crippen LogP contribution in [0, 0.1) is 0 Å². The molecule has 0 aromatic heterocycles. The summed E-state index contributed by atoms with van der Waals surface area (Å²) in [5.74, 6) is 2.19. The third-order valence-electron chi connectivity index (χ3n) is 3.39. The van der Waals surface area contributed by atoms with Crippen molar-refractivity contribution < 1.29 is 4.74 Å². The van der Waals surface area contributed by atoms with Crippen LogP contribution < -0.4 is 5.32 Å². The largest absolute Gasteiger partial charge is 0.383 e. The van der Waals surface area contributed by atoms with Crippen LogP contribution in [0.3, 0.4) is 0 Å². The molecule has 1 rings (SSSR count). The fourth-order valence-electron chi connectivity index (χ4n) is 2.25. The van der Waals surface area contributed by atoms with E-state index in [1.165, 1.54) is 5.75 Å². The lowest BCUT2D eigenvalue weighted by Crippen LogP contribution is -2.51. The summed E-state index contributed by atoms with van der Waals surface area (Å²) in [5.41, 5.74) is 0. The molecule has 126 valence electrons. The highest BCUT2D eigenvalue weighted by Crippen LogP contribution is 2.29. The minimum atomic E-state index is 0. The molecule has 0 saturated carbocycles. The number of ether oxygens (including phenoxy) is 1. The van der Waals surface area contributed by atoms with E-state index in [-0.39, 0.29) is 24.0 Å².